The quantitative estimate of drug-likeness (QED) is 0.232. The second kappa shape index (κ2) is 10.8. The number of benzene rings is 2. The van der Waals surface area contributed by atoms with Crippen LogP contribution in [-0.4, -0.2) is 38.7 Å². The number of carbonyl (C=O) groups is 2. The Morgan fingerprint density at radius 1 is 0.943 bits per heavy atom. The lowest BCUT2D eigenvalue weighted by Gasteiger charge is -2.08. The Morgan fingerprint density at radius 3 is 2.26 bits per heavy atom. The molecule has 0 bridgehead atoms. The smallest absolute Gasteiger partial charge is 0.294 e. The molecule has 0 unspecified atom stereocenters. The summed E-state index contributed by atoms with van der Waals surface area (Å²) in [5.74, 6) is -0.0796. The Morgan fingerprint density at radius 2 is 1.60 bits per heavy atom. The highest BCUT2D eigenvalue weighted by molar-refractivity contribution is 7.98. The Hall–Kier alpha value is -4.18. The predicted molar refractivity (Wildman–Crippen MR) is 133 cm³/mol. The molecule has 2 aromatic heterocycles. The number of nitrogens with one attached hydrogen (secondary N) is 2. The minimum absolute atomic E-state index is 0.0534. The molecule has 0 saturated heterocycles. The number of aromatic nitrogens is 4. The Balaban J connectivity index is 1.34. The zero-order valence-corrected chi connectivity index (χ0v) is 20.3. The molecule has 4 aromatic rings. The summed E-state index contributed by atoms with van der Waals surface area (Å²) in [5.41, 5.74) is 8.93. The molecule has 2 aromatic carbocycles. The van der Waals surface area contributed by atoms with Crippen molar-refractivity contribution in [3.63, 3.8) is 0 Å². The van der Waals surface area contributed by atoms with Gasteiger partial charge in [-0.1, -0.05) is 42.1 Å². The Bertz CT molecular complexity index is 1320. The minimum Gasteiger partial charge on any atom is -0.493 e. The predicted octanol–water partition coefficient (Wildman–Crippen LogP) is 3.65. The van der Waals surface area contributed by atoms with Gasteiger partial charge in [-0.05, 0) is 49.7 Å². The molecule has 0 fully saturated rings. The summed E-state index contributed by atoms with van der Waals surface area (Å²) in [6, 6.07) is 18.4. The molecule has 9 nitrogen and oxygen atoms in total. The lowest BCUT2D eigenvalue weighted by atomic mass is 10.1. The fourth-order valence-corrected chi connectivity index (χ4v) is 4.19. The van der Waals surface area contributed by atoms with E-state index >= 15 is 0 Å². The van der Waals surface area contributed by atoms with Crippen LogP contribution in [0, 0.1) is 13.8 Å². The number of para-hydroxylation sites is 1. The maximum Gasteiger partial charge on any atom is 0.294 e. The van der Waals surface area contributed by atoms with Crippen molar-refractivity contribution < 1.29 is 14.3 Å². The number of nitrogens with zero attached hydrogens (tertiary/aromatic N) is 4. The number of hydrogen-bond donors (Lipinski definition) is 2. The summed E-state index contributed by atoms with van der Waals surface area (Å²) in [6.07, 6.45) is 1.60. The number of aryl methyl sites for hydroxylation is 2. The normalized spacial score (nSPS) is 10.6. The summed E-state index contributed by atoms with van der Waals surface area (Å²) in [5, 5.41) is 5.01. The molecule has 0 aliphatic heterocycles. The first-order valence-electron chi connectivity index (χ1n) is 10.8. The molecule has 0 aliphatic rings. The number of hydrazine groups is 1. The standard InChI is InChI=1S/C25H24N6O3S/c1-16-13-17(2)27-25(26-16)35-15-18-9-11-19(12-10-18)23(32)28-29-24(33)22-21(34-3)14-31(30-22)20-7-5-4-6-8-20/h4-14H,15H2,1-3H3,(H,28,32)(H,29,33). The molecule has 0 radical (unpaired) electrons. The van der Waals surface area contributed by atoms with E-state index in [-0.39, 0.29) is 11.4 Å². The molecule has 35 heavy (non-hydrogen) atoms. The minimum atomic E-state index is -0.591. The number of amides is 2. The average molecular weight is 489 g/mol. The number of hydrogen-bond acceptors (Lipinski definition) is 7. The molecule has 0 spiro atoms. The molecule has 2 N–H and O–H groups in total. The van der Waals surface area contributed by atoms with Crippen LogP contribution in [0.2, 0.25) is 0 Å². The maximum absolute atomic E-state index is 12.6. The van der Waals surface area contributed by atoms with Gasteiger partial charge in [-0.25, -0.2) is 14.6 Å². The zero-order valence-electron chi connectivity index (χ0n) is 19.5. The van der Waals surface area contributed by atoms with E-state index in [1.807, 2.05) is 62.4 Å². The van der Waals surface area contributed by atoms with E-state index in [1.54, 1.807) is 18.3 Å². The van der Waals surface area contributed by atoms with Gasteiger partial charge in [-0.3, -0.25) is 20.4 Å². The largest absolute Gasteiger partial charge is 0.493 e. The van der Waals surface area contributed by atoms with Crippen LogP contribution in [0.3, 0.4) is 0 Å². The van der Waals surface area contributed by atoms with E-state index in [9.17, 15) is 9.59 Å². The van der Waals surface area contributed by atoms with E-state index in [4.69, 9.17) is 4.74 Å². The Kier molecular flexibility index (Phi) is 7.41. The van der Waals surface area contributed by atoms with Crippen LogP contribution in [0.5, 0.6) is 5.75 Å². The van der Waals surface area contributed by atoms with Gasteiger partial charge in [-0.2, -0.15) is 5.10 Å². The average Bonchev–Trinajstić information content (AvgIpc) is 3.31. The molecule has 2 heterocycles. The highest BCUT2D eigenvalue weighted by Gasteiger charge is 2.19. The van der Waals surface area contributed by atoms with Gasteiger partial charge >= 0.3 is 0 Å². The number of ether oxygens (including phenoxy) is 1. The van der Waals surface area contributed by atoms with Crippen molar-refractivity contribution in [2.45, 2.75) is 24.8 Å². The fourth-order valence-electron chi connectivity index (χ4n) is 3.28. The summed E-state index contributed by atoms with van der Waals surface area (Å²) in [4.78, 5) is 34.0. The highest BCUT2D eigenvalue weighted by Crippen LogP contribution is 2.21. The molecule has 10 heteroatoms. The first-order valence-corrected chi connectivity index (χ1v) is 11.8. The van der Waals surface area contributed by atoms with Crippen molar-refractivity contribution in [2.75, 3.05) is 7.11 Å². The van der Waals surface area contributed by atoms with Gasteiger partial charge in [0.15, 0.2) is 16.6 Å². The summed E-state index contributed by atoms with van der Waals surface area (Å²) < 4.78 is 6.81. The van der Waals surface area contributed by atoms with Crippen molar-refractivity contribution in [1.29, 1.82) is 0 Å². The Labute approximate surface area is 206 Å². The highest BCUT2D eigenvalue weighted by atomic mass is 32.2. The van der Waals surface area contributed by atoms with E-state index in [2.05, 4.69) is 25.9 Å². The SMILES string of the molecule is COc1cn(-c2ccccc2)nc1C(=O)NNC(=O)c1ccc(CSc2nc(C)cc(C)n2)cc1. The van der Waals surface area contributed by atoms with Gasteiger partial charge < -0.3 is 4.74 Å². The van der Waals surface area contributed by atoms with E-state index in [0.717, 1.165) is 27.8 Å². The third kappa shape index (κ3) is 6.04. The number of thioether (sulfide) groups is 1. The molecular weight excluding hydrogens is 464 g/mol. The molecule has 0 aliphatic carbocycles. The summed E-state index contributed by atoms with van der Waals surface area (Å²) in [7, 11) is 1.45. The zero-order chi connectivity index (χ0) is 24.8. The van der Waals surface area contributed by atoms with Crippen LogP contribution in [0.25, 0.3) is 5.69 Å². The summed E-state index contributed by atoms with van der Waals surface area (Å²) in [6.45, 7) is 3.88. The van der Waals surface area contributed by atoms with Crippen molar-refractivity contribution in [3.05, 3.63) is 95.1 Å². The van der Waals surface area contributed by atoms with Gasteiger partial charge in [0.05, 0.1) is 19.0 Å². The molecule has 0 saturated carbocycles. The van der Waals surface area contributed by atoms with Crippen molar-refractivity contribution >= 4 is 23.6 Å². The van der Waals surface area contributed by atoms with Crippen LogP contribution >= 0.6 is 11.8 Å². The molecule has 0 atom stereocenters. The van der Waals surface area contributed by atoms with Crippen LogP contribution in [0.15, 0.2) is 72.0 Å². The van der Waals surface area contributed by atoms with Gasteiger partial charge in [0.1, 0.15) is 0 Å². The molecular formula is C25H24N6O3S. The number of methoxy groups -OCH3 is 1. The lowest BCUT2D eigenvalue weighted by Crippen LogP contribution is -2.42. The van der Waals surface area contributed by atoms with Gasteiger partial charge in [0.2, 0.25) is 0 Å². The third-order valence-corrected chi connectivity index (χ3v) is 5.89. The van der Waals surface area contributed by atoms with E-state index < -0.39 is 11.8 Å². The van der Waals surface area contributed by atoms with E-state index in [0.29, 0.717) is 11.3 Å². The van der Waals surface area contributed by atoms with E-state index in [1.165, 1.54) is 23.6 Å². The van der Waals surface area contributed by atoms with Crippen LogP contribution in [0.4, 0.5) is 0 Å². The van der Waals surface area contributed by atoms with Gasteiger partial charge in [-0.15, -0.1) is 0 Å². The molecule has 178 valence electrons. The second-order valence-electron chi connectivity index (χ2n) is 7.65. The third-order valence-electron chi connectivity index (χ3n) is 4.97. The first kappa shape index (κ1) is 24.0. The lowest BCUT2D eigenvalue weighted by molar-refractivity contribution is 0.0842. The fraction of sp³-hybridized carbons (Fsp3) is 0.160. The van der Waals surface area contributed by atoms with Gasteiger partial charge in [0.25, 0.3) is 11.8 Å². The van der Waals surface area contributed by atoms with Crippen LogP contribution in [0.1, 0.15) is 37.8 Å². The number of carbonyl (C=O) groups excluding carboxylic acids is 2. The first-order chi connectivity index (χ1) is 16.9. The van der Waals surface area contributed by atoms with Crippen LogP contribution in [-0.2, 0) is 5.75 Å². The van der Waals surface area contributed by atoms with Gasteiger partial charge in [0, 0.05) is 22.7 Å². The second-order valence-corrected chi connectivity index (χ2v) is 8.60. The van der Waals surface area contributed by atoms with Crippen molar-refractivity contribution in [1.82, 2.24) is 30.6 Å². The maximum atomic E-state index is 12.6. The monoisotopic (exact) mass is 488 g/mol. The van der Waals surface area contributed by atoms with Crippen LogP contribution < -0.4 is 15.6 Å². The van der Waals surface area contributed by atoms with Crippen molar-refractivity contribution in [3.8, 4) is 11.4 Å². The molecule has 4 rings (SSSR count). The topological polar surface area (TPSA) is 111 Å². The summed E-state index contributed by atoms with van der Waals surface area (Å²) >= 11 is 1.53. The number of rotatable bonds is 7. The molecule has 2 amide bonds. The van der Waals surface area contributed by atoms with Crippen molar-refractivity contribution in [2.24, 2.45) is 0 Å².